The van der Waals surface area contributed by atoms with E-state index in [1.54, 1.807) is 0 Å². The zero-order valence-electron chi connectivity index (χ0n) is 7.99. The molecule has 134 valence electrons. The quantitative estimate of drug-likeness (QED) is 0.354. The van der Waals surface area contributed by atoms with E-state index in [0.29, 0.717) is 0 Å². The van der Waals surface area contributed by atoms with Gasteiger partial charge in [0.2, 0.25) is 0 Å². The molecule has 0 saturated heterocycles. The second kappa shape index (κ2) is 940. The zero-order chi connectivity index (χ0) is 0. The zero-order valence-corrected chi connectivity index (χ0v) is 16.4. The van der Waals surface area contributed by atoms with Crippen LogP contribution in [0.4, 0.5) is 0 Å². The topological polar surface area (TPSA) is 370 Å². The van der Waals surface area contributed by atoms with Crippen LogP contribution in [0.25, 0.3) is 0 Å². The first-order chi connectivity index (χ1) is 0. The molecule has 0 rings (SSSR count). The monoisotopic (exact) mass is 514 g/mol. The Balaban J connectivity index is 0. The fourth-order valence-electron chi connectivity index (χ4n) is 0. The van der Waals surface area contributed by atoms with Crippen molar-refractivity contribution in [1.29, 1.82) is 0 Å². The SMILES string of the molecule is [O-2].[O-2].[O-2].[O-2].[O-2].[O-2].[O-2].[O-2].[O-2].[O-2].[O-2].[O-2].[O-2].[V].[V].[V].[V].[V].[V]. The molecule has 0 aliphatic rings. The van der Waals surface area contributed by atoms with Crippen LogP contribution in [-0.2, 0) is 183 Å². The molecule has 0 fully saturated rings. The molecule has 19 heavy (non-hydrogen) atoms. The Morgan fingerprint density at radius 1 is 0.105 bits per heavy atom. The van der Waals surface area contributed by atoms with Gasteiger partial charge >= 0.3 is 0 Å². The van der Waals surface area contributed by atoms with Gasteiger partial charge in [0.1, 0.15) is 0 Å². The van der Waals surface area contributed by atoms with Gasteiger partial charge < -0.3 is 71.2 Å². The maximum Gasteiger partial charge on any atom is 0 e. The Kier molecular flexibility index (Phi) is 53700. The Morgan fingerprint density at radius 2 is 0.105 bits per heavy atom. The fraction of sp³-hybridized carbons (Fsp3) is 0. The second-order valence-corrected chi connectivity index (χ2v) is 0. The molecule has 0 bridgehead atoms. The van der Waals surface area contributed by atoms with E-state index in [-0.39, 0.29) is 183 Å². The normalized spacial score (nSPS) is 0. The van der Waals surface area contributed by atoms with Gasteiger partial charge in [-0.2, -0.15) is 0 Å². The molecule has 0 spiro atoms. The number of hydrogen-bond donors (Lipinski definition) is 0. The van der Waals surface area contributed by atoms with Crippen LogP contribution >= 0.6 is 0 Å². The Morgan fingerprint density at radius 3 is 0.105 bits per heavy atom. The summed E-state index contributed by atoms with van der Waals surface area (Å²) in [5, 5.41) is 0. The van der Waals surface area contributed by atoms with Gasteiger partial charge in [0.15, 0.2) is 0 Å². The number of hydrogen-bond acceptors (Lipinski definition) is 0. The van der Waals surface area contributed by atoms with Crippen LogP contribution in [0.15, 0.2) is 0 Å². The molecule has 0 N–H and O–H groups in total. The Hall–Kier alpha value is 2.99. The van der Waals surface area contributed by atoms with Crippen molar-refractivity contribution < 1.29 is 183 Å². The van der Waals surface area contributed by atoms with Crippen molar-refractivity contribution in [2.75, 3.05) is 0 Å². The summed E-state index contributed by atoms with van der Waals surface area (Å²) in [4.78, 5) is 0. The summed E-state index contributed by atoms with van der Waals surface area (Å²) in [7, 11) is 0. The molecule has 0 unspecified atom stereocenters. The van der Waals surface area contributed by atoms with E-state index in [9.17, 15) is 0 Å². The molecule has 0 aromatic rings. The maximum absolute atomic E-state index is 0. The molecule has 0 heterocycles. The minimum atomic E-state index is 0. The Labute approximate surface area is 181 Å². The van der Waals surface area contributed by atoms with Crippen LogP contribution in [0.1, 0.15) is 0 Å². The van der Waals surface area contributed by atoms with E-state index in [0.717, 1.165) is 0 Å². The molecule has 0 aliphatic heterocycles. The summed E-state index contributed by atoms with van der Waals surface area (Å²) >= 11 is 0. The molecule has 0 aromatic heterocycles. The van der Waals surface area contributed by atoms with Gasteiger partial charge in [0, 0.05) is 111 Å². The first-order valence-corrected chi connectivity index (χ1v) is 0. The van der Waals surface area contributed by atoms with Gasteiger partial charge in [0.05, 0.1) is 0 Å². The van der Waals surface area contributed by atoms with Crippen molar-refractivity contribution in [3.05, 3.63) is 0 Å². The van der Waals surface area contributed by atoms with E-state index in [2.05, 4.69) is 0 Å². The smallest absolute Gasteiger partial charge is 0 e. The predicted octanol–water partition coefficient (Wildman–Crippen LogP) is -1.56. The third kappa shape index (κ3) is 848. The molecule has 0 atom stereocenters. The third-order valence-electron chi connectivity index (χ3n) is 0. The summed E-state index contributed by atoms with van der Waals surface area (Å²) in [5.41, 5.74) is 0. The maximum atomic E-state index is 0. The molecule has 0 amide bonds. The molecular formula is O13V6-26. The summed E-state index contributed by atoms with van der Waals surface area (Å²) in [6, 6.07) is 0. The van der Waals surface area contributed by atoms with Gasteiger partial charge in [0.25, 0.3) is 0 Å². The molecule has 0 saturated carbocycles. The van der Waals surface area contributed by atoms with E-state index >= 15 is 0 Å². The van der Waals surface area contributed by atoms with Crippen LogP contribution in [0, 0.1) is 0 Å². The summed E-state index contributed by atoms with van der Waals surface area (Å²) in [5.74, 6) is 0. The summed E-state index contributed by atoms with van der Waals surface area (Å²) in [6.07, 6.45) is 0. The minimum absolute atomic E-state index is 0. The molecular weight excluding hydrogens is 514 g/mol. The van der Waals surface area contributed by atoms with E-state index in [1.807, 2.05) is 0 Å². The van der Waals surface area contributed by atoms with Crippen molar-refractivity contribution in [2.24, 2.45) is 0 Å². The second-order valence-electron chi connectivity index (χ2n) is 0. The van der Waals surface area contributed by atoms with Crippen molar-refractivity contribution in [2.45, 2.75) is 0 Å². The largest absolute Gasteiger partial charge is 2.00 e. The average Bonchev–Trinajstić information content (AvgIpc) is 0. The summed E-state index contributed by atoms with van der Waals surface area (Å²) < 4.78 is 0. The molecule has 13 nitrogen and oxygen atoms in total. The number of rotatable bonds is 0. The van der Waals surface area contributed by atoms with Crippen LogP contribution in [-0.4, -0.2) is 0 Å². The Bertz CT molecular complexity index is 17.1. The molecule has 19 heteroatoms. The predicted molar refractivity (Wildman–Crippen MR) is 8.92 cm³/mol. The van der Waals surface area contributed by atoms with Crippen molar-refractivity contribution in [3.63, 3.8) is 0 Å². The third-order valence-corrected chi connectivity index (χ3v) is 0. The molecule has 0 aliphatic carbocycles. The average molecular weight is 514 g/mol. The molecule has 0 aromatic carbocycles. The minimum Gasteiger partial charge on any atom is -2.00 e. The molecule has 6 radical (unpaired) electrons. The van der Waals surface area contributed by atoms with Crippen molar-refractivity contribution >= 4 is 0 Å². The van der Waals surface area contributed by atoms with Crippen LogP contribution in [0.3, 0.4) is 0 Å². The summed E-state index contributed by atoms with van der Waals surface area (Å²) in [6.45, 7) is 0. The van der Waals surface area contributed by atoms with E-state index < -0.39 is 0 Å². The van der Waals surface area contributed by atoms with Gasteiger partial charge in [-0.25, -0.2) is 0 Å². The van der Waals surface area contributed by atoms with Gasteiger partial charge in [-0.05, 0) is 0 Å². The first-order valence-electron chi connectivity index (χ1n) is 0. The van der Waals surface area contributed by atoms with Gasteiger partial charge in [-0.1, -0.05) is 0 Å². The van der Waals surface area contributed by atoms with Crippen LogP contribution in [0.2, 0.25) is 0 Å². The standard InChI is InChI=1S/13O.6V/q13*-2;;;;;;. The van der Waals surface area contributed by atoms with Crippen LogP contribution < -0.4 is 0 Å². The first kappa shape index (κ1) is 1090. The van der Waals surface area contributed by atoms with Gasteiger partial charge in [-0.15, -0.1) is 0 Å². The van der Waals surface area contributed by atoms with Crippen molar-refractivity contribution in [3.8, 4) is 0 Å². The fourth-order valence-corrected chi connectivity index (χ4v) is 0. The van der Waals surface area contributed by atoms with E-state index in [4.69, 9.17) is 0 Å². The van der Waals surface area contributed by atoms with Crippen molar-refractivity contribution in [1.82, 2.24) is 0 Å². The van der Waals surface area contributed by atoms with Crippen LogP contribution in [0.5, 0.6) is 0 Å². The van der Waals surface area contributed by atoms with E-state index in [1.165, 1.54) is 0 Å². The van der Waals surface area contributed by atoms with Gasteiger partial charge in [-0.3, -0.25) is 0 Å².